The highest BCUT2D eigenvalue weighted by Crippen LogP contribution is 2.27. The van der Waals surface area contributed by atoms with Crippen LogP contribution in [0.4, 0.5) is 5.82 Å². The van der Waals surface area contributed by atoms with Crippen molar-refractivity contribution in [1.29, 1.82) is 0 Å². The van der Waals surface area contributed by atoms with Crippen LogP contribution >= 0.6 is 11.6 Å². The maximum absolute atomic E-state index is 6.36. The molecule has 0 saturated heterocycles. The summed E-state index contributed by atoms with van der Waals surface area (Å²) in [6.07, 6.45) is 0.756. The molecule has 106 valence electrons. The van der Waals surface area contributed by atoms with E-state index in [9.17, 15) is 0 Å². The van der Waals surface area contributed by atoms with E-state index in [1.807, 2.05) is 25.1 Å². The molecule has 0 aliphatic heterocycles. The number of aromatic nitrogens is 2. The normalized spacial score (nSPS) is 10.6. The Bertz CT molecular complexity index is 565. The molecule has 0 atom stereocenters. The highest BCUT2D eigenvalue weighted by molar-refractivity contribution is 6.30. The summed E-state index contributed by atoms with van der Waals surface area (Å²) in [5, 5.41) is 0.559. The third kappa shape index (κ3) is 3.28. The van der Waals surface area contributed by atoms with Crippen molar-refractivity contribution in [3.05, 3.63) is 52.4 Å². The minimum atomic E-state index is 0.559. The molecule has 1 heterocycles. The van der Waals surface area contributed by atoms with Crippen LogP contribution in [0.3, 0.4) is 0 Å². The molecule has 0 unspecified atom stereocenters. The van der Waals surface area contributed by atoms with Crippen molar-refractivity contribution in [1.82, 2.24) is 9.97 Å². The Morgan fingerprint density at radius 3 is 2.30 bits per heavy atom. The fourth-order valence-electron chi connectivity index (χ4n) is 2.28. The fourth-order valence-corrected chi connectivity index (χ4v) is 2.56. The maximum atomic E-state index is 6.36. The van der Waals surface area contributed by atoms with Crippen LogP contribution < -0.4 is 4.90 Å². The third-order valence-corrected chi connectivity index (χ3v) is 3.65. The van der Waals surface area contributed by atoms with E-state index in [1.54, 1.807) is 0 Å². The molecule has 1 aromatic carbocycles. The van der Waals surface area contributed by atoms with Gasteiger partial charge in [-0.3, -0.25) is 0 Å². The average Bonchev–Trinajstić information content (AvgIpc) is 2.45. The first-order valence-corrected chi connectivity index (χ1v) is 7.35. The zero-order chi connectivity index (χ0) is 14.5. The van der Waals surface area contributed by atoms with Crippen LogP contribution in [0.15, 0.2) is 30.3 Å². The molecule has 1 aromatic heterocycles. The number of benzene rings is 1. The second-order valence-corrected chi connectivity index (χ2v) is 5.06. The molecular weight excluding hydrogens is 270 g/mol. The smallest absolute Gasteiger partial charge is 0.138 e. The van der Waals surface area contributed by atoms with E-state index in [2.05, 4.69) is 40.8 Å². The van der Waals surface area contributed by atoms with Gasteiger partial charge in [0.2, 0.25) is 0 Å². The Hall–Kier alpha value is -1.61. The highest BCUT2D eigenvalue weighted by atomic mass is 35.5. The molecule has 4 heteroatoms. The van der Waals surface area contributed by atoms with Gasteiger partial charge < -0.3 is 4.90 Å². The van der Waals surface area contributed by atoms with Gasteiger partial charge in [0.15, 0.2) is 0 Å². The van der Waals surface area contributed by atoms with Crippen molar-refractivity contribution in [3.63, 3.8) is 0 Å². The van der Waals surface area contributed by atoms with Crippen molar-refractivity contribution in [2.24, 2.45) is 0 Å². The highest BCUT2D eigenvalue weighted by Gasteiger charge is 2.16. The van der Waals surface area contributed by atoms with Crippen molar-refractivity contribution >= 4 is 17.4 Å². The lowest BCUT2D eigenvalue weighted by Gasteiger charge is -2.23. The first-order chi connectivity index (χ1) is 9.65. The quantitative estimate of drug-likeness (QED) is 0.782. The van der Waals surface area contributed by atoms with E-state index in [0.29, 0.717) is 11.0 Å². The number of hydrogen-bond donors (Lipinski definition) is 0. The molecule has 0 radical (unpaired) electrons. The van der Waals surface area contributed by atoms with E-state index in [1.165, 1.54) is 5.56 Å². The predicted molar refractivity (Wildman–Crippen MR) is 84.6 cm³/mol. The zero-order valence-electron chi connectivity index (χ0n) is 12.2. The molecular formula is C16H20ClN3. The van der Waals surface area contributed by atoms with Crippen LogP contribution in [-0.2, 0) is 6.42 Å². The molecule has 20 heavy (non-hydrogen) atoms. The zero-order valence-corrected chi connectivity index (χ0v) is 13.0. The topological polar surface area (TPSA) is 29.0 Å². The van der Waals surface area contributed by atoms with Crippen LogP contribution in [0, 0.1) is 6.92 Å². The number of halogens is 1. The third-order valence-electron chi connectivity index (χ3n) is 3.33. The lowest BCUT2D eigenvalue weighted by atomic mass is 10.1. The van der Waals surface area contributed by atoms with E-state index in [0.717, 1.165) is 30.9 Å². The number of hydrogen-bond acceptors (Lipinski definition) is 3. The van der Waals surface area contributed by atoms with Gasteiger partial charge in [-0.15, -0.1) is 0 Å². The molecule has 3 nitrogen and oxygen atoms in total. The van der Waals surface area contributed by atoms with Gasteiger partial charge >= 0.3 is 0 Å². The standard InChI is InChI=1S/C16H20ClN3/c1-4-20(5-2)16-14(15(17)18-12(3)19-16)11-13-9-7-6-8-10-13/h6-10H,4-5,11H2,1-3H3. The van der Waals surface area contributed by atoms with Crippen LogP contribution in [-0.4, -0.2) is 23.1 Å². The van der Waals surface area contributed by atoms with Gasteiger partial charge in [-0.25, -0.2) is 9.97 Å². The lowest BCUT2D eigenvalue weighted by Crippen LogP contribution is -2.25. The van der Waals surface area contributed by atoms with Crippen molar-refractivity contribution < 1.29 is 0 Å². The Morgan fingerprint density at radius 2 is 1.70 bits per heavy atom. The van der Waals surface area contributed by atoms with Gasteiger partial charge in [0.1, 0.15) is 16.8 Å². The Morgan fingerprint density at radius 1 is 1.05 bits per heavy atom. The molecule has 0 fully saturated rings. The Balaban J connectivity index is 2.45. The summed E-state index contributed by atoms with van der Waals surface area (Å²) in [5.41, 5.74) is 2.22. The molecule has 0 amide bonds. The Labute approximate surface area is 125 Å². The average molecular weight is 290 g/mol. The van der Waals surface area contributed by atoms with Gasteiger partial charge in [-0.2, -0.15) is 0 Å². The van der Waals surface area contributed by atoms with Crippen LogP contribution in [0.1, 0.15) is 30.8 Å². The summed E-state index contributed by atoms with van der Waals surface area (Å²) in [4.78, 5) is 11.1. The minimum absolute atomic E-state index is 0.559. The van der Waals surface area contributed by atoms with Crippen LogP contribution in [0.2, 0.25) is 5.15 Å². The van der Waals surface area contributed by atoms with Gasteiger partial charge in [0.25, 0.3) is 0 Å². The molecule has 0 bridgehead atoms. The predicted octanol–water partition coefficient (Wildman–Crippen LogP) is 3.88. The largest absolute Gasteiger partial charge is 0.357 e. The number of rotatable bonds is 5. The summed E-state index contributed by atoms with van der Waals surface area (Å²) in [6.45, 7) is 7.95. The van der Waals surface area contributed by atoms with E-state index in [-0.39, 0.29) is 0 Å². The second kappa shape index (κ2) is 6.71. The van der Waals surface area contributed by atoms with E-state index >= 15 is 0 Å². The van der Waals surface area contributed by atoms with Gasteiger partial charge in [0.05, 0.1) is 0 Å². The number of aryl methyl sites for hydroxylation is 1. The SMILES string of the molecule is CCN(CC)c1nc(C)nc(Cl)c1Cc1ccccc1. The lowest BCUT2D eigenvalue weighted by molar-refractivity contribution is 0.821. The molecule has 0 spiro atoms. The van der Waals surface area contributed by atoms with Gasteiger partial charge in [-0.1, -0.05) is 41.9 Å². The number of nitrogens with zero attached hydrogens (tertiary/aromatic N) is 3. The summed E-state index contributed by atoms with van der Waals surface area (Å²) >= 11 is 6.36. The van der Waals surface area contributed by atoms with E-state index in [4.69, 9.17) is 11.6 Å². The first-order valence-electron chi connectivity index (χ1n) is 6.97. The van der Waals surface area contributed by atoms with Gasteiger partial charge in [0, 0.05) is 25.1 Å². The monoisotopic (exact) mass is 289 g/mol. The van der Waals surface area contributed by atoms with Crippen molar-refractivity contribution in [2.45, 2.75) is 27.2 Å². The molecule has 0 saturated carbocycles. The van der Waals surface area contributed by atoms with Crippen molar-refractivity contribution in [2.75, 3.05) is 18.0 Å². The van der Waals surface area contributed by atoms with E-state index < -0.39 is 0 Å². The minimum Gasteiger partial charge on any atom is -0.357 e. The van der Waals surface area contributed by atoms with Gasteiger partial charge in [-0.05, 0) is 26.3 Å². The Kier molecular flexibility index (Phi) is 4.96. The van der Waals surface area contributed by atoms with Crippen LogP contribution in [0.5, 0.6) is 0 Å². The fraction of sp³-hybridized carbons (Fsp3) is 0.375. The molecule has 0 N–H and O–H groups in total. The summed E-state index contributed by atoms with van der Waals surface area (Å²) < 4.78 is 0. The summed E-state index contributed by atoms with van der Waals surface area (Å²) in [5.74, 6) is 1.67. The number of anilines is 1. The maximum Gasteiger partial charge on any atom is 0.138 e. The second-order valence-electron chi connectivity index (χ2n) is 4.70. The molecule has 2 aromatic rings. The summed E-state index contributed by atoms with van der Waals surface area (Å²) in [7, 11) is 0. The van der Waals surface area contributed by atoms with Crippen LogP contribution in [0.25, 0.3) is 0 Å². The molecule has 0 aliphatic carbocycles. The molecule has 0 aliphatic rings. The van der Waals surface area contributed by atoms with Crippen molar-refractivity contribution in [3.8, 4) is 0 Å². The molecule has 2 rings (SSSR count). The first kappa shape index (κ1) is 14.8. The summed E-state index contributed by atoms with van der Waals surface area (Å²) in [6, 6.07) is 10.3.